The van der Waals surface area contributed by atoms with E-state index >= 15 is 0 Å². The first kappa shape index (κ1) is 19.6. The van der Waals surface area contributed by atoms with Crippen molar-refractivity contribution in [3.63, 3.8) is 0 Å². The van der Waals surface area contributed by atoms with Crippen LogP contribution in [0.1, 0.15) is 42.0 Å². The highest BCUT2D eigenvalue weighted by Crippen LogP contribution is 2.37. The molecular weight excluding hydrogens is 380 g/mol. The fraction of sp³-hybridized carbons (Fsp3) is 0.286. The molecule has 0 aliphatic heterocycles. The van der Waals surface area contributed by atoms with Crippen LogP contribution in [0.25, 0.3) is 10.1 Å². The molecule has 0 radical (unpaired) electrons. The lowest BCUT2D eigenvalue weighted by molar-refractivity contribution is -0.136. The summed E-state index contributed by atoms with van der Waals surface area (Å²) in [6.07, 6.45) is -0.117. The van der Waals surface area contributed by atoms with Gasteiger partial charge in [-0.15, -0.1) is 11.3 Å². The lowest BCUT2D eigenvalue weighted by Crippen LogP contribution is -2.06. The van der Waals surface area contributed by atoms with Gasteiger partial charge >= 0.3 is 5.97 Å². The van der Waals surface area contributed by atoms with Crippen LogP contribution in [0.2, 0.25) is 0 Å². The molecule has 1 aromatic heterocycles. The van der Waals surface area contributed by atoms with Crippen molar-refractivity contribution >= 4 is 37.2 Å². The standard InChI is InChI=1S/C21H22O4S2/c1-13(2)17-7-8-19-18(11-17)14(3)21(26-19)27(24,25)12-16-6-4-5-15(9-16)10-20(22)23/h4-9,11,13H,10,12H2,1-3H3,(H,22,23). The van der Waals surface area contributed by atoms with E-state index in [2.05, 4.69) is 26.0 Å². The highest BCUT2D eigenvalue weighted by molar-refractivity contribution is 7.93. The second-order valence-electron chi connectivity index (χ2n) is 7.07. The second kappa shape index (κ2) is 7.44. The van der Waals surface area contributed by atoms with Gasteiger partial charge in [0, 0.05) is 4.70 Å². The molecule has 3 aromatic rings. The molecule has 0 fully saturated rings. The number of carboxylic acid groups (broad SMARTS) is 1. The Balaban J connectivity index is 1.98. The zero-order chi connectivity index (χ0) is 19.8. The van der Waals surface area contributed by atoms with Gasteiger partial charge in [0.15, 0.2) is 9.84 Å². The van der Waals surface area contributed by atoms with Crippen LogP contribution in [0, 0.1) is 6.92 Å². The summed E-state index contributed by atoms with van der Waals surface area (Å²) in [6, 6.07) is 12.9. The van der Waals surface area contributed by atoms with Crippen molar-refractivity contribution in [3.05, 3.63) is 64.7 Å². The molecule has 0 saturated heterocycles. The number of aliphatic carboxylic acids is 1. The normalized spacial score (nSPS) is 12.0. The van der Waals surface area contributed by atoms with Gasteiger partial charge in [-0.2, -0.15) is 0 Å². The first-order valence-corrected chi connectivity index (χ1v) is 11.2. The molecule has 0 aliphatic carbocycles. The van der Waals surface area contributed by atoms with Crippen LogP contribution in [0.4, 0.5) is 0 Å². The molecule has 0 bridgehead atoms. The molecule has 0 unspecified atom stereocenters. The number of sulfone groups is 1. The second-order valence-corrected chi connectivity index (χ2v) is 10.3. The molecule has 6 heteroatoms. The van der Waals surface area contributed by atoms with Gasteiger partial charge in [0.1, 0.15) is 4.21 Å². The van der Waals surface area contributed by atoms with Crippen molar-refractivity contribution in [3.8, 4) is 0 Å². The molecule has 2 aromatic carbocycles. The van der Waals surface area contributed by atoms with Gasteiger partial charge in [-0.25, -0.2) is 8.42 Å². The van der Waals surface area contributed by atoms with Crippen LogP contribution in [0.3, 0.4) is 0 Å². The number of aryl methyl sites for hydroxylation is 1. The quantitative estimate of drug-likeness (QED) is 0.634. The van der Waals surface area contributed by atoms with Crippen LogP contribution < -0.4 is 0 Å². The van der Waals surface area contributed by atoms with Gasteiger partial charge in [-0.1, -0.05) is 44.2 Å². The van der Waals surface area contributed by atoms with Gasteiger partial charge in [0.25, 0.3) is 0 Å². The molecule has 0 atom stereocenters. The summed E-state index contributed by atoms with van der Waals surface area (Å²) in [5.74, 6) is -0.687. The van der Waals surface area contributed by atoms with Crippen molar-refractivity contribution in [2.75, 3.05) is 0 Å². The zero-order valence-corrected chi connectivity index (χ0v) is 17.2. The highest BCUT2D eigenvalue weighted by atomic mass is 32.2. The Bertz CT molecular complexity index is 1110. The number of rotatable bonds is 6. The Kier molecular flexibility index (Phi) is 5.40. The molecule has 1 N–H and O–H groups in total. The zero-order valence-electron chi connectivity index (χ0n) is 15.5. The summed E-state index contributed by atoms with van der Waals surface area (Å²) in [6.45, 7) is 6.09. The van der Waals surface area contributed by atoms with E-state index in [1.165, 1.54) is 16.9 Å². The fourth-order valence-corrected chi connectivity index (χ4v) is 6.36. The Morgan fingerprint density at radius 1 is 1.11 bits per heavy atom. The Morgan fingerprint density at radius 3 is 2.48 bits per heavy atom. The molecular formula is C21H22O4S2. The first-order chi connectivity index (χ1) is 12.7. The van der Waals surface area contributed by atoms with E-state index in [0.717, 1.165) is 15.6 Å². The van der Waals surface area contributed by atoms with Crippen LogP contribution >= 0.6 is 11.3 Å². The largest absolute Gasteiger partial charge is 0.481 e. The van der Waals surface area contributed by atoms with Crippen LogP contribution in [-0.2, 0) is 26.8 Å². The first-order valence-electron chi connectivity index (χ1n) is 8.73. The predicted molar refractivity (Wildman–Crippen MR) is 109 cm³/mol. The van der Waals surface area contributed by atoms with Crippen LogP contribution in [0.5, 0.6) is 0 Å². The molecule has 0 spiro atoms. The molecule has 0 saturated carbocycles. The van der Waals surface area contributed by atoms with E-state index in [1.807, 2.05) is 13.0 Å². The minimum Gasteiger partial charge on any atom is -0.481 e. The average Bonchev–Trinajstić information content (AvgIpc) is 2.91. The Labute approximate surface area is 163 Å². The molecule has 0 amide bonds. The molecule has 142 valence electrons. The molecule has 27 heavy (non-hydrogen) atoms. The van der Waals surface area contributed by atoms with Gasteiger partial charge in [-0.05, 0) is 52.6 Å². The molecule has 4 nitrogen and oxygen atoms in total. The number of thiophene rings is 1. The summed E-state index contributed by atoms with van der Waals surface area (Å²) < 4.78 is 27.4. The average molecular weight is 403 g/mol. The fourth-order valence-electron chi connectivity index (χ4n) is 3.16. The smallest absolute Gasteiger partial charge is 0.307 e. The predicted octanol–water partition coefficient (Wildman–Crippen LogP) is 4.93. The van der Waals surface area contributed by atoms with Crippen LogP contribution in [-0.4, -0.2) is 19.5 Å². The molecule has 0 aliphatic rings. The minimum atomic E-state index is -3.51. The number of hydrogen-bond acceptors (Lipinski definition) is 4. The summed E-state index contributed by atoms with van der Waals surface area (Å²) in [7, 11) is -3.51. The number of carbonyl (C=O) groups is 1. The highest BCUT2D eigenvalue weighted by Gasteiger charge is 2.23. The monoisotopic (exact) mass is 402 g/mol. The SMILES string of the molecule is Cc1c(S(=O)(=O)Cc2cccc(CC(=O)O)c2)sc2ccc(C(C)C)cc12. The van der Waals surface area contributed by atoms with E-state index in [1.54, 1.807) is 24.3 Å². The maximum absolute atomic E-state index is 13.0. The summed E-state index contributed by atoms with van der Waals surface area (Å²) in [5.41, 5.74) is 3.19. The van der Waals surface area contributed by atoms with Crippen molar-refractivity contribution < 1.29 is 18.3 Å². The lowest BCUT2D eigenvalue weighted by atomic mass is 10.0. The maximum atomic E-state index is 13.0. The van der Waals surface area contributed by atoms with Crippen molar-refractivity contribution in [2.45, 2.75) is 43.1 Å². The van der Waals surface area contributed by atoms with Gasteiger partial charge < -0.3 is 5.11 Å². The molecule has 3 rings (SSSR count). The van der Waals surface area contributed by atoms with E-state index < -0.39 is 15.8 Å². The van der Waals surface area contributed by atoms with Gasteiger partial charge in [0.2, 0.25) is 0 Å². The third kappa shape index (κ3) is 4.22. The summed E-state index contributed by atoms with van der Waals surface area (Å²) in [5, 5.41) is 9.92. The minimum absolute atomic E-state index is 0.117. The van der Waals surface area contributed by atoms with Gasteiger partial charge in [-0.3, -0.25) is 4.79 Å². The maximum Gasteiger partial charge on any atom is 0.307 e. The third-order valence-corrected chi connectivity index (χ3v) is 8.23. The van der Waals surface area contributed by atoms with E-state index in [9.17, 15) is 13.2 Å². The Morgan fingerprint density at radius 2 is 1.81 bits per heavy atom. The Hall–Kier alpha value is -2.18. The van der Waals surface area contributed by atoms with E-state index in [-0.39, 0.29) is 12.2 Å². The van der Waals surface area contributed by atoms with E-state index in [4.69, 9.17) is 5.11 Å². The number of hydrogen-bond donors (Lipinski definition) is 1. The third-order valence-electron chi connectivity index (χ3n) is 4.57. The van der Waals surface area contributed by atoms with Gasteiger partial charge in [0.05, 0.1) is 12.2 Å². The summed E-state index contributed by atoms with van der Waals surface area (Å²) >= 11 is 1.30. The number of benzene rings is 2. The summed E-state index contributed by atoms with van der Waals surface area (Å²) in [4.78, 5) is 10.9. The molecule has 1 heterocycles. The topological polar surface area (TPSA) is 71.4 Å². The lowest BCUT2D eigenvalue weighted by Gasteiger charge is -2.06. The van der Waals surface area contributed by atoms with Crippen molar-refractivity contribution in [2.24, 2.45) is 0 Å². The number of carboxylic acids is 1. The van der Waals surface area contributed by atoms with E-state index in [0.29, 0.717) is 21.3 Å². The number of fused-ring (bicyclic) bond motifs is 1. The van der Waals surface area contributed by atoms with Crippen molar-refractivity contribution in [1.82, 2.24) is 0 Å². The van der Waals surface area contributed by atoms with Crippen molar-refractivity contribution in [1.29, 1.82) is 0 Å². The van der Waals surface area contributed by atoms with Crippen LogP contribution in [0.15, 0.2) is 46.7 Å².